The minimum absolute atomic E-state index is 0.00296. The van der Waals surface area contributed by atoms with Crippen LogP contribution < -0.4 is 10.2 Å². The first-order valence-electron chi connectivity index (χ1n) is 9.65. The van der Waals surface area contributed by atoms with Gasteiger partial charge in [0.25, 0.3) is 0 Å². The summed E-state index contributed by atoms with van der Waals surface area (Å²) in [6.45, 7) is 7.73. The Labute approximate surface area is 155 Å². The van der Waals surface area contributed by atoms with Crippen molar-refractivity contribution in [1.82, 2.24) is 10.2 Å². The van der Waals surface area contributed by atoms with Crippen LogP contribution in [0.4, 0.5) is 5.69 Å². The summed E-state index contributed by atoms with van der Waals surface area (Å²) in [5.74, 6) is -0.216. The van der Waals surface area contributed by atoms with E-state index in [1.165, 1.54) is 0 Å². The number of anilines is 1. The number of nitrogens with one attached hydrogen (secondary N) is 1. The maximum atomic E-state index is 12.4. The molecule has 0 unspecified atom stereocenters. The molecule has 0 saturated carbocycles. The predicted molar refractivity (Wildman–Crippen MR) is 101 cm³/mol. The van der Waals surface area contributed by atoms with Gasteiger partial charge in [-0.1, -0.05) is 25.1 Å². The second-order valence-electron chi connectivity index (χ2n) is 6.99. The first kappa shape index (κ1) is 18.9. The molecule has 1 aromatic rings. The van der Waals surface area contributed by atoms with E-state index in [1.54, 1.807) is 4.90 Å². The highest BCUT2D eigenvalue weighted by atomic mass is 16.5. The highest BCUT2D eigenvalue weighted by Crippen LogP contribution is 2.28. The third-order valence-electron chi connectivity index (χ3n) is 5.21. The molecule has 3 rings (SSSR count). The fourth-order valence-corrected chi connectivity index (χ4v) is 3.67. The Hall–Kier alpha value is -1.92. The van der Waals surface area contributed by atoms with Gasteiger partial charge >= 0.3 is 0 Å². The van der Waals surface area contributed by atoms with E-state index < -0.39 is 0 Å². The molecule has 2 saturated heterocycles. The van der Waals surface area contributed by atoms with Crippen molar-refractivity contribution >= 4 is 17.5 Å². The molecule has 26 heavy (non-hydrogen) atoms. The molecule has 6 heteroatoms. The summed E-state index contributed by atoms with van der Waals surface area (Å²) < 4.78 is 5.34. The molecule has 2 amide bonds. The average Bonchev–Trinajstić information content (AvgIpc) is 3.07. The summed E-state index contributed by atoms with van der Waals surface area (Å²) in [6.07, 6.45) is 2.10. The van der Waals surface area contributed by atoms with Crippen LogP contribution in [0.5, 0.6) is 0 Å². The van der Waals surface area contributed by atoms with Crippen molar-refractivity contribution < 1.29 is 14.3 Å². The molecule has 2 aliphatic heterocycles. The third kappa shape index (κ3) is 4.62. The molecule has 1 aromatic carbocycles. The average molecular weight is 359 g/mol. The summed E-state index contributed by atoms with van der Waals surface area (Å²) in [6, 6.07) is 7.95. The zero-order chi connectivity index (χ0) is 18.4. The number of para-hydroxylation sites is 1. The summed E-state index contributed by atoms with van der Waals surface area (Å²) in [4.78, 5) is 29.0. The van der Waals surface area contributed by atoms with Crippen LogP contribution in [-0.4, -0.2) is 62.7 Å². The van der Waals surface area contributed by atoms with E-state index in [9.17, 15) is 9.59 Å². The van der Waals surface area contributed by atoms with Crippen molar-refractivity contribution in [2.24, 2.45) is 5.92 Å². The fraction of sp³-hybridized carbons (Fsp3) is 0.600. The summed E-state index contributed by atoms with van der Waals surface area (Å²) >= 11 is 0. The van der Waals surface area contributed by atoms with E-state index in [-0.39, 0.29) is 17.7 Å². The molecule has 142 valence electrons. The number of amides is 2. The summed E-state index contributed by atoms with van der Waals surface area (Å²) in [5.41, 5.74) is 2.09. The minimum Gasteiger partial charge on any atom is -0.379 e. The molecule has 0 aromatic heterocycles. The number of aryl methyl sites for hydroxylation is 1. The molecule has 0 aliphatic carbocycles. The van der Waals surface area contributed by atoms with Gasteiger partial charge in [-0.3, -0.25) is 14.5 Å². The molecule has 0 spiro atoms. The lowest BCUT2D eigenvalue weighted by Crippen LogP contribution is -2.39. The van der Waals surface area contributed by atoms with Crippen LogP contribution in [0.1, 0.15) is 25.3 Å². The lowest BCUT2D eigenvalue weighted by atomic mass is 10.1. The second-order valence-corrected chi connectivity index (χ2v) is 6.99. The Kier molecular flexibility index (Phi) is 6.63. The number of ether oxygens (including phenoxy) is 1. The maximum absolute atomic E-state index is 12.4. The van der Waals surface area contributed by atoms with Gasteiger partial charge in [0.05, 0.1) is 19.1 Å². The normalized spacial score (nSPS) is 21.2. The van der Waals surface area contributed by atoms with Crippen molar-refractivity contribution in [3.8, 4) is 0 Å². The second kappa shape index (κ2) is 9.14. The van der Waals surface area contributed by atoms with Crippen molar-refractivity contribution in [3.63, 3.8) is 0 Å². The standard InChI is InChI=1S/C20H29N3O3/c1-2-16-6-3-4-7-18(16)23-15-17(14-19(23)24)20(25)21-8-5-9-22-10-12-26-13-11-22/h3-4,6-7,17H,2,5,8-15H2,1H3,(H,21,25)/t17-/m1/s1. The smallest absolute Gasteiger partial charge is 0.227 e. The van der Waals surface area contributed by atoms with Crippen LogP contribution in [0.3, 0.4) is 0 Å². The molecule has 2 fully saturated rings. The van der Waals surface area contributed by atoms with Gasteiger partial charge in [0, 0.05) is 38.3 Å². The number of nitrogens with zero attached hydrogens (tertiary/aromatic N) is 2. The van der Waals surface area contributed by atoms with Gasteiger partial charge in [0.2, 0.25) is 11.8 Å². The number of rotatable bonds is 7. The van der Waals surface area contributed by atoms with E-state index in [4.69, 9.17) is 4.74 Å². The molecule has 6 nitrogen and oxygen atoms in total. The Morgan fingerprint density at radius 3 is 2.81 bits per heavy atom. The van der Waals surface area contributed by atoms with Crippen molar-refractivity contribution in [3.05, 3.63) is 29.8 Å². The number of hydrogen-bond donors (Lipinski definition) is 1. The molecule has 1 atom stereocenters. The fourth-order valence-electron chi connectivity index (χ4n) is 3.67. The van der Waals surface area contributed by atoms with Crippen LogP contribution in [0.15, 0.2) is 24.3 Å². The first-order valence-corrected chi connectivity index (χ1v) is 9.65. The monoisotopic (exact) mass is 359 g/mol. The van der Waals surface area contributed by atoms with E-state index >= 15 is 0 Å². The van der Waals surface area contributed by atoms with E-state index in [2.05, 4.69) is 17.1 Å². The topological polar surface area (TPSA) is 61.9 Å². The largest absolute Gasteiger partial charge is 0.379 e. The number of hydrogen-bond acceptors (Lipinski definition) is 4. The maximum Gasteiger partial charge on any atom is 0.227 e. The number of morpholine rings is 1. The summed E-state index contributed by atoms with van der Waals surface area (Å²) in [5, 5.41) is 3.01. The van der Waals surface area contributed by atoms with Crippen LogP contribution in [-0.2, 0) is 20.7 Å². The quantitative estimate of drug-likeness (QED) is 0.749. The van der Waals surface area contributed by atoms with Crippen molar-refractivity contribution in [2.45, 2.75) is 26.2 Å². The molecule has 2 heterocycles. The van der Waals surface area contributed by atoms with Crippen molar-refractivity contribution in [2.75, 3.05) is 50.8 Å². The minimum atomic E-state index is -0.254. The zero-order valence-corrected chi connectivity index (χ0v) is 15.6. The summed E-state index contributed by atoms with van der Waals surface area (Å²) in [7, 11) is 0. The van der Waals surface area contributed by atoms with Gasteiger partial charge in [-0.2, -0.15) is 0 Å². The lowest BCUT2D eigenvalue weighted by Gasteiger charge is -2.26. The van der Waals surface area contributed by atoms with Crippen LogP contribution in [0.25, 0.3) is 0 Å². The first-order chi connectivity index (χ1) is 12.7. The predicted octanol–water partition coefficient (Wildman–Crippen LogP) is 1.44. The molecular formula is C20H29N3O3. The number of benzene rings is 1. The lowest BCUT2D eigenvalue weighted by molar-refractivity contribution is -0.126. The SMILES string of the molecule is CCc1ccccc1N1C[C@H](C(=O)NCCCN2CCOCC2)CC1=O. The molecule has 0 radical (unpaired) electrons. The number of carbonyl (C=O) groups excluding carboxylic acids is 2. The Balaban J connectivity index is 1.46. The van der Waals surface area contributed by atoms with Gasteiger partial charge < -0.3 is 15.0 Å². The Morgan fingerprint density at radius 2 is 2.04 bits per heavy atom. The van der Waals surface area contributed by atoms with Gasteiger partial charge in [-0.25, -0.2) is 0 Å². The van der Waals surface area contributed by atoms with Gasteiger partial charge in [0.15, 0.2) is 0 Å². The third-order valence-corrected chi connectivity index (χ3v) is 5.21. The van der Waals surface area contributed by atoms with Crippen LogP contribution in [0.2, 0.25) is 0 Å². The van der Waals surface area contributed by atoms with E-state index in [0.717, 1.165) is 56.9 Å². The van der Waals surface area contributed by atoms with Gasteiger partial charge in [0.1, 0.15) is 0 Å². The van der Waals surface area contributed by atoms with E-state index in [1.807, 2.05) is 24.3 Å². The Morgan fingerprint density at radius 1 is 1.27 bits per heavy atom. The molecular weight excluding hydrogens is 330 g/mol. The van der Waals surface area contributed by atoms with Gasteiger partial charge in [-0.15, -0.1) is 0 Å². The number of carbonyl (C=O) groups is 2. The zero-order valence-electron chi connectivity index (χ0n) is 15.6. The van der Waals surface area contributed by atoms with Gasteiger partial charge in [-0.05, 0) is 31.0 Å². The van der Waals surface area contributed by atoms with Crippen LogP contribution >= 0.6 is 0 Å². The molecule has 1 N–H and O–H groups in total. The van der Waals surface area contributed by atoms with Crippen LogP contribution in [0, 0.1) is 5.92 Å². The van der Waals surface area contributed by atoms with Crippen molar-refractivity contribution in [1.29, 1.82) is 0 Å². The highest BCUT2D eigenvalue weighted by molar-refractivity contribution is 6.00. The molecule has 2 aliphatic rings. The van der Waals surface area contributed by atoms with E-state index in [0.29, 0.717) is 19.5 Å². The highest BCUT2D eigenvalue weighted by Gasteiger charge is 2.35. The molecule has 0 bridgehead atoms. The Bertz CT molecular complexity index is 628.